The summed E-state index contributed by atoms with van der Waals surface area (Å²) in [4.78, 5) is 10.5. The van der Waals surface area contributed by atoms with E-state index in [0.29, 0.717) is 0 Å². The van der Waals surface area contributed by atoms with Gasteiger partial charge in [-0.1, -0.05) is 0 Å². The van der Waals surface area contributed by atoms with Crippen molar-refractivity contribution in [3.63, 3.8) is 0 Å². The molecule has 13 heavy (non-hydrogen) atoms. The number of ether oxygens (including phenoxy) is 2. The standard InChI is InChI=1S/C7H12O6/c1-3(8)13-6-4(9)2-12-7(11)5(6)10/h4-7,9-11H,2H2,1H3/t4-,5-,6+,7-/m0/s1. The van der Waals surface area contributed by atoms with Gasteiger partial charge in [0.15, 0.2) is 12.4 Å². The van der Waals surface area contributed by atoms with Crippen LogP contribution in [0.25, 0.3) is 0 Å². The highest BCUT2D eigenvalue weighted by atomic mass is 16.6. The average Bonchev–Trinajstić information content (AvgIpc) is 2.05. The normalized spacial score (nSPS) is 40.0. The molecule has 4 atom stereocenters. The number of carbonyl (C=O) groups excluding carboxylic acids is 1. The Morgan fingerprint density at radius 2 is 2.08 bits per heavy atom. The number of hydrogen-bond donors (Lipinski definition) is 3. The number of aliphatic hydroxyl groups excluding tert-OH is 3. The Bertz CT molecular complexity index is 193. The van der Waals surface area contributed by atoms with Crippen molar-refractivity contribution in [3.05, 3.63) is 0 Å². The van der Waals surface area contributed by atoms with Crippen LogP contribution in [0.5, 0.6) is 0 Å². The molecule has 6 heteroatoms. The van der Waals surface area contributed by atoms with Crippen LogP contribution < -0.4 is 0 Å². The zero-order valence-electron chi connectivity index (χ0n) is 7.08. The van der Waals surface area contributed by atoms with Crippen LogP contribution in [0.1, 0.15) is 6.92 Å². The monoisotopic (exact) mass is 192 g/mol. The van der Waals surface area contributed by atoms with Gasteiger partial charge in [0, 0.05) is 6.92 Å². The minimum atomic E-state index is -1.42. The summed E-state index contributed by atoms with van der Waals surface area (Å²) in [6, 6.07) is 0. The van der Waals surface area contributed by atoms with Gasteiger partial charge in [0.05, 0.1) is 6.61 Å². The van der Waals surface area contributed by atoms with E-state index in [-0.39, 0.29) is 6.61 Å². The quantitative estimate of drug-likeness (QED) is 0.415. The van der Waals surface area contributed by atoms with E-state index >= 15 is 0 Å². The van der Waals surface area contributed by atoms with Crippen LogP contribution in [-0.4, -0.2) is 52.5 Å². The first-order valence-corrected chi connectivity index (χ1v) is 3.85. The van der Waals surface area contributed by atoms with E-state index in [0.717, 1.165) is 6.92 Å². The van der Waals surface area contributed by atoms with Crippen LogP contribution in [0.15, 0.2) is 0 Å². The first-order chi connectivity index (χ1) is 6.02. The van der Waals surface area contributed by atoms with Crippen molar-refractivity contribution < 1.29 is 29.6 Å². The summed E-state index contributed by atoms with van der Waals surface area (Å²) in [5.74, 6) is -0.628. The zero-order valence-corrected chi connectivity index (χ0v) is 7.08. The third-order valence-electron chi connectivity index (χ3n) is 1.75. The van der Waals surface area contributed by atoms with Crippen molar-refractivity contribution >= 4 is 5.97 Å². The number of carbonyl (C=O) groups is 1. The van der Waals surface area contributed by atoms with E-state index in [2.05, 4.69) is 9.47 Å². The maximum atomic E-state index is 10.5. The number of esters is 1. The molecule has 0 saturated carbocycles. The van der Waals surface area contributed by atoms with Gasteiger partial charge in [0.1, 0.15) is 12.2 Å². The van der Waals surface area contributed by atoms with Gasteiger partial charge < -0.3 is 24.8 Å². The van der Waals surface area contributed by atoms with Gasteiger partial charge >= 0.3 is 5.97 Å². The predicted molar refractivity (Wildman–Crippen MR) is 39.5 cm³/mol. The molecule has 0 amide bonds. The van der Waals surface area contributed by atoms with E-state index in [1.807, 2.05) is 0 Å². The Morgan fingerprint density at radius 1 is 1.46 bits per heavy atom. The van der Waals surface area contributed by atoms with Crippen LogP contribution in [0.4, 0.5) is 0 Å². The van der Waals surface area contributed by atoms with Crippen LogP contribution in [-0.2, 0) is 14.3 Å². The van der Waals surface area contributed by atoms with Crippen molar-refractivity contribution in [3.8, 4) is 0 Å². The second kappa shape index (κ2) is 4.01. The molecule has 3 N–H and O–H groups in total. The molecule has 0 aromatic rings. The van der Waals surface area contributed by atoms with Crippen LogP contribution >= 0.6 is 0 Å². The fourth-order valence-electron chi connectivity index (χ4n) is 1.12. The lowest BCUT2D eigenvalue weighted by atomic mass is 10.1. The molecule has 0 aromatic carbocycles. The maximum absolute atomic E-state index is 10.5. The summed E-state index contributed by atoms with van der Waals surface area (Å²) in [6.45, 7) is 0.984. The highest BCUT2D eigenvalue weighted by Crippen LogP contribution is 2.16. The molecule has 6 nitrogen and oxygen atoms in total. The second-order valence-corrected chi connectivity index (χ2v) is 2.86. The molecule has 1 heterocycles. The van der Waals surface area contributed by atoms with Crippen LogP contribution in [0, 0.1) is 0 Å². The van der Waals surface area contributed by atoms with Crippen LogP contribution in [0.2, 0.25) is 0 Å². The lowest BCUT2D eigenvalue weighted by Crippen LogP contribution is -2.54. The lowest BCUT2D eigenvalue weighted by molar-refractivity contribution is -0.257. The summed E-state index contributed by atoms with van der Waals surface area (Å²) in [7, 11) is 0. The topological polar surface area (TPSA) is 96.2 Å². The smallest absolute Gasteiger partial charge is 0.303 e. The molecule has 0 aromatic heterocycles. The van der Waals surface area contributed by atoms with Gasteiger partial charge in [-0.2, -0.15) is 0 Å². The van der Waals surface area contributed by atoms with Crippen LogP contribution in [0.3, 0.4) is 0 Å². The summed E-state index contributed by atoms with van der Waals surface area (Å²) >= 11 is 0. The van der Waals surface area contributed by atoms with E-state index in [1.54, 1.807) is 0 Å². The molecule has 1 aliphatic heterocycles. The SMILES string of the molecule is CC(=O)O[C@H]1[C@H](O)[C@@H](O)OC[C@@H]1O. The molecule has 0 radical (unpaired) electrons. The predicted octanol–water partition coefficient (Wildman–Crippen LogP) is -2.01. The van der Waals surface area contributed by atoms with Crippen molar-refractivity contribution in [2.24, 2.45) is 0 Å². The van der Waals surface area contributed by atoms with Gasteiger partial charge in [0.2, 0.25) is 0 Å². The molecular weight excluding hydrogens is 180 g/mol. The van der Waals surface area contributed by atoms with E-state index < -0.39 is 30.6 Å². The molecule has 1 saturated heterocycles. The van der Waals surface area contributed by atoms with Gasteiger partial charge in [-0.25, -0.2) is 0 Å². The van der Waals surface area contributed by atoms with Crippen molar-refractivity contribution in [2.75, 3.05) is 6.61 Å². The molecule has 76 valence electrons. The van der Waals surface area contributed by atoms with E-state index in [9.17, 15) is 15.0 Å². The van der Waals surface area contributed by atoms with Gasteiger partial charge in [-0.05, 0) is 0 Å². The zero-order chi connectivity index (χ0) is 10.0. The Morgan fingerprint density at radius 3 is 2.62 bits per heavy atom. The highest BCUT2D eigenvalue weighted by Gasteiger charge is 2.40. The van der Waals surface area contributed by atoms with Crippen molar-refractivity contribution in [2.45, 2.75) is 31.5 Å². The van der Waals surface area contributed by atoms with E-state index in [4.69, 9.17) is 5.11 Å². The Labute approximate surface area is 74.7 Å². The molecule has 0 spiro atoms. The average molecular weight is 192 g/mol. The van der Waals surface area contributed by atoms with Crippen molar-refractivity contribution in [1.82, 2.24) is 0 Å². The maximum Gasteiger partial charge on any atom is 0.303 e. The molecule has 0 aliphatic carbocycles. The largest absolute Gasteiger partial charge is 0.457 e. The number of hydrogen-bond acceptors (Lipinski definition) is 6. The highest BCUT2D eigenvalue weighted by molar-refractivity contribution is 5.66. The molecule has 1 fully saturated rings. The lowest BCUT2D eigenvalue weighted by Gasteiger charge is -2.34. The Kier molecular flexibility index (Phi) is 3.21. The third kappa shape index (κ3) is 2.38. The number of aliphatic hydroxyl groups is 3. The molecule has 0 unspecified atom stereocenters. The fraction of sp³-hybridized carbons (Fsp3) is 0.857. The van der Waals surface area contributed by atoms with Gasteiger partial charge in [-0.15, -0.1) is 0 Å². The van der Waals surface area contributed by atoms with Gasteiger partial charge in [0.25, 0.3) is 0 Å². The molecule has 1 rings (SSSR count). The first-order valence-electron chi connectivity index (χ1n) is 3.85. The van der Waals surface area contributed by atoms with Crippen molar-refractivity contribution in [1.29, 1.82) is 0 Å². The minimum Gasteiger partial charge on any atom is -0.457 e. The van der Waals surface area contributed by atoms with Gasteiger partial charge in [-0.3, -0.25) is 4.79 Å². The summed E-state index contributed by atoms with van der Waals surface area (Å²) in [6.07, 6.45) is -5.07. The summed E-state index contributed by atoms with van der Waals surface area (Å²) < 4.78 is 9.19. The van der Waals surface area contributed by atoms with E-state index in [1.165, 1.54) is 0 Å². The Balaban J connectivity index is 2.60. The Hall–Kier alpha value is -0.690. The second-order valence-electron chi connectivity index (χ2n) is 2.86. The first kappa shape index (κ1) is 10.4. The number of rotatable bonds is 1. The summed E-state index contributed by atoms with van der Waals surface area (Å²) in [5, 5.41) is 27.5. The molecule has 0 bridgehead atoms. The molecular formula is C7H12O6. The fourth-order valence-corrected chi connectivity index (χ4v) is 1.12. The minimum absolute atomic E-state index is 0.170. The third-order valence-corrected chi connectivity index (χ3v) is 1.75. The summed E-state index contributed by atoms with van der Waals surface area (Å²) in [5.41, 5.74) is 0. The molecule has 1 aliphatic rings.